The molecule has 0 saturated carbocycles. The maximum atomic E-state index is 13.1. The van der Waals surface area contributed by atoms with Gasteiger partial charge in [-0.2, -0.15) is 0 Å². The topological polar surface area (TPSA) is 56.1 Å². The average molecular weight is 327 g/mol. The van der Waals surface area contributed by atoms with Crippen LogP contribution in [-0.4, -0.2) is 18.7 Å². The molecular weight excluding hydrogens is 310 g/mol. The summed E-state index contributed by atoms with van der Waals surface area (Å²) in [5.41, 5.74) is 2.47. The average Bonchev–Trinajstić information content (AvgIpc) is 2.89. The van der Waals surface area contributed by atoms with Gasteiger partial charge < -0.3 is 0 Å². The smallest absolute Gasteiger partial charge is 0.268 e. The molecule has 0 N–H and O–H groups in total. The second kappa shape index (κ2) is 5.66. The minimum absolute atomic E-state index is 0.176. The number of nitrogens with zero attached hydrogens (tertiary/aromatic N) is 1. The number of carbonyl (C=O) groups is 1. The van der Waals surface area contributed by atoms with E-state index in [0.29, 0.717) is 18.2 Å². The monoisotopic (exact) mass is 327 g/mol. The van der Waals surface area contributed by atoms with E-state index in [-0.39, 0.29) is 10.6 Å². The Balaban J connectivity index is 2.39. The van der Waals surface area contributed by atoms with Gasteiger partial charge in [0.2, 0.25) is 0 Å². The number of aryl methyl sites for hydroxylation is 2. The fraction of sp³-hybridized carbons (Fsp3) is 0.167. The van der Waals surface area contributed by atoms with E-state index in [4.69, 9.17) is 0 Å². The molecule has 0 bridgehead atoms. The van der Waals surface area contributed by atoms with Crippen molar-refractivity contribution in [3.63, 3.8) is 0 Å². The van der Waals surface area contributed by atoms with Crippen molar-refractivity contribution < 1.29 is 13.2 Å². The summed E-state index contributed by atoms with van der Waals surface area (Å²) in [7, 11) is -3.83. The summed E-state index contributed by atoms with van der Waals surface area (Å²) in [6, 6.07) is 13.8. The summed E-state index contributed by atoms with van der Waals surface area (Å²) in [5.74, 6) is 0. The molecule has 0 aliphatic heterocycles. The highest BCUT2D eigenvalue weighted by Crippen LogP contribution is 2.29. The number of carbonyl (C=O) groups excluding carboxylic acids is 1. The number of rotatable bonds is 4. The third-order valence-electron chi connectivity index (χ3n) is 4.00. The van der Waals surface area contributed by atoms with Gasteiger partial charge in [0, 0.05) is 5.39 Å². The number of aromatic nitrogens is 1. The fourth-order valence-corrected chi connectivity index (χ4v) is 4.38. The molecule has 0 spiro atoms. The molecule has 0 aliphatic carbocycles. The Labute approximate surface area is 135 Å². The number of hydrogen-bond acceptors (Lipinski definition) is 3. The first-order valence-electron chi connectivity index (χ1n) is 7.40. The zero-order chi connectivity index (χ0) is 16.6. The Morgan fingerprint density at radius 2 is 1.70 bits per heavy atom. The first-order valence-corrected chi connectivity index (χ1v) is 8.84. The second-order valence-electron chi connectivity index (χ2n) is 5.43. The molecule has 118 valence electrons. The lowest BCUT2D eigenvalue weighted by atomic mass is 10.1. The molecule has 0 saturated heterocycles. The van der Waals surface area contributed by atoms with Crippen LogP contribution in [0.2, 0.25) is 0 Å². The van der Waals surface area contributed by atoms with Crippen LogP contribution in [-0.2, 0) is 16.4 Å². The minimum Gasteiger partial charge on any atom is -0.296 e. The highest BCUT2D eigenvalue weighted by atomic mass is 32.2. The van der Waals surface area contributed by atoms with E-state index in [9.17, 15) is 13.2 Å². The SMILES string of the molecule is CCc1c(C=O)n(S(=O)(=O)c2ccc(C)cc2)c2ccccc12. The van der Waals surface area contributed by atoms with Crippen molar-refractivity contribution >= 4 is 27.2 Å². The predicted octanol–water partition coefficient (Wildman–Crippen LogP) is 3.56. The Morgan fingerprint density at radius 1 is 1.04 bits per heavy atom. The summed E-state index contributed by atoms with van der Waals surface area (Å²) in [6.45, 7) is 3.81. The summed E-state index contributed by atoms with van der Waals surface area (Å²) in [5, 5.41) is 0.799. The predicted molar refractivity (Wildman–Crippen MR) is 90.5 cm³/mol. The number of fused-ring (bicyclic) bond motifs is 1. The lowest BCUT2D eigenvalue weighted by Crippen LogP contribution is -2.16. The molecule has 2 aromatic carbocycles. The van der Waals surface area contributed by atoms with Gasteiger partial charge in [-0.25, -0.2) is 12.4 Å². The second-order valence-corrected chi connectivity index (χ2v) is 7.22. The van der Waals surface area contributed by atoms with Crippen LogP contribution < -0.4 is 0 Å². The molecule has 0 aliphatic rings. The molecule has 0 atom stereocenters. The normalized spacial score (nSPS) is 11.7. The van der Waals surface area contributed by atoms with E-state index in [2.05, 4.69) is 0 Å². The number of hydrogen-bond donors (Lipinski definition) is 0. The van der Waals surface area contributed by atoms with Crippen molar-refractivity contribution in [2.75, 3.05) is 0 Å². The first-order chi connectivity index (χ1) is 11.0. The Morgan fingerprint density at radius 3 is 2.30 bits per heavy atom. The fourth-order valence-electron chi connectivity index (χ4n) is 2.86. The van der Waals surface area contributed by atoms with E-state index in [1.165, 1.54) is 3.97 Å². The number of para-hydroxylation sites is 1. The summed E-state index contributed by atoms with van der Waals surface area (Å²) < 4.78 is 27.3. The van der Waals surface area contributed by atoms with Crippen molar-refractivity contribution in [1.29, 1.82) is 0 Å². The third-order valence-corrected chi connectivity index (χ3v) is 5.74. The van der Waals surface area contributed by atoms with E-state index in [0.717, 1.165) is 16.5 Å². The van der Waals surface area contributed by atoms with Gasteiger partial charge in [0.1, 0.15) is 5.69 Å². The van der Waals surface area contributed by atoms with Gasteiger partial charge in [0.05, 0.1) is 10.4 Å². The molecule has 0 fully saturated rings. The van der Waals surface area contributed by atoms with Gasteiger partial charge >= 0.3 is 0 Å². The largest absolute Gasteiger partial charge is 0.296 e. The van der Waals surface area contributed by atoms with E-state index in [1.54, 1.807) is 36.4 Å². The molecule has 5 heteroatoms. The molecule has 23 heavy (non-hydrogen) atoms. The summed E-state index contributed by atoms with van der Waals surface area (Å²) >= 11 is 0. The van der Waals surface area contributed by atoms with Crippen molar-refractivity contribution in [2.45, 2.75) is 25.2 Å². The van der Waals surface area contributed by atoms with Crippen LogP contribution in [0.25, 0.3) is 10.9 Å². The van der Waals surface area contributed by atoms with Crippen molar-refractivity contribution in [3.8, 4) is 0 Å². The van der Waals surface area contributed by atoms with Crippen molar-refractivity contribution in [2.24, 2.45) is 0 Å². The van der Waals surface area contributed by atoms with Gasteiger partial charge in [-0.15, -0.1) is 0 Å². The van der Waals surface area contributed by atoms with Crippen molar-refractivity contribution in [3.05, 3.63) is 65.4 Å². The molecule has 1 heterocycles. The van der Waals surface area contributed by atoms with Crippen LogP contribution >= 0.6 is 0 Å². The first kappa shape index (κ1) is 15.5. The molecule has 0 unspecified atom stereocenters. The molecule has 0 radical (unpaired) electrons. The van der Waals surface area contributed by atoms with Crippen LogP contribution in [0.4, 0.5) is 0 Å². The number of benzene rings is 2. The molecule has 3 aromatic rings. The standard InChI is InChI=1S/C18H17NO3S/c1-3-15-16-6-4-5-7-17(16)19(18(15)12-20)23(21,22)14-10-8-13(2)9-11-14/h4-12H,3H2,1-2H3. The molecular formula is C18H17NO3S. The maximum Gasteiger partial charge on any atom is 0.268 e. The van der Waals surface area contributed by atoms with E-state index >= 15 is 0 Å². The van der Waals surface area contributed by atoms with E-state index < -0.39 is 10.0 Å². The van der Waals surface area contributed by atoms with Gasteiger partial charge in [-0.05, 0) is 37.1 Å². The van der Waals surface area contributed by atoms with Gasteiger partial charge in [-0.1, -0.05) is 42.8 Å². The zero-order valence-corrected chi connectivity index (χ0v) is 13.8. The lowest BCUT2D eigenvalue weighted by molar-refractivity contribution is 0.111. The van der Waals surface area contributed by atoms with Crippen molar-refractivity contribution in [1.82, 2.24) is 3.97 Å². The lowest BCUT2D eigenvalue weighted by Gasteiger charge is -2.10. The Hall–Kier alpha value is -2.40. The quantitative estimate of drug-likeness (QED) is 0.689. The molecule has 1 aromatic heterocycles. The highest BCUT2D eigenvalue weighted by molar-refractivity contribution is 7.90. The molecule has 4 nitrogen and oxygen atoms in total. The Bertz CT molecular complexity index is 983. The van der Waals surface area contributed by atoms with Gasteiger partial charge in [-0.3, -0.25) is 4.79 Å². The van der Waals surface area contributed by atoms with Crippen LogP contribution in [0.1, 0.15) is 28.5 Å². The van der Waals surface area contributed by atoms with Crippen LogP contribution in [0.3, 0.4) is 0 Å². The zero-order valence-electron chi connectivity index (χ0n) is 13.0. The van der Waals surface area contributed by atoms with Gasteiger partial charge in [0.25, 0.3) is 10.0 Å². The van der Waals surface area contributed by atoms with Gasteiger partial charge in [0.15, 0.2) is 6.29 Å². The van der Waals surface area contributed by atoms with Crippen LogP contribution in [0, 0.1) is 6.92 Å². The van der Waals surface area contributed by atoms with Crippen LogP contribution in [0.15, 0.2) is 53.4 Å². The summed E-state index contributed by atoms with van der Waals surface area (Å²) in [4.78, 5) is 11.8. The minimum atomic E-state index is -3.83. The Kier molecular flexibility index (Phi) is 3.82. The highest BCUT2D eigenvalue weighted by Gasteiger charge is 2.25. The van der Waals surface area contributed by atoms with Crippen LogP contribution in [0.5, 0.6) is 0 Å². The summed E-state index contributed by atoms with van der Waals surface area (Å²) in [6.07, 6.45) is 1.22. The number of aldehydes is 1. The van der Waals surface area contributed by atoms with E-state index in [1.807, 2.05) is 26.0 Å². The molecule has 3 rings (SSSR count). The maximum absolute atomic E-state index is 13.1. The third kappa shape index (κ3) is 2.37. The molecule has 0 amide bonds.